The Labute approximate surface area is 165 Å². The second kappa shape index (κ2) is 10.2. The lowest BCUT2D eigenvalue weighted by Gasteiger charge is -2.21. The van der Waals surface area contributed by atoms with Crippen molar-refractivity contribution in [2.75, 3.05) is 0 Å². The fourth-order valence-electron chi connectivity index (χ4n) is 2.96. The fourth-order valence-corrected chi connectivity index (χ4v) is 2.96. The van der Waals surface area contributed by atoms with Gasteiger partial charge in [0, 0.05) is 16.4 Å². The van der Waals surface area contributed by atoms with Crippen LogP contribution in [0.15, 0.2) is 52.9 Å². The van der Waals surface area contributed by atoms with Gasteiger partial charge in [0.2, 0.25) is 0 Å². The van der Waals surface area contributed by atoms with Crippen molar-refractivity contribution in [3.05, 3.63) is 65.4 Å². The number of fused-ring (bicyclic) bond motifs is 2. The van der Waals surface area contributed by atoms with Crippen LogP contribution in [0.2, 0.25) is 0 Å². The first-order chi connectivity index (χ1) is 12.9. The number of furan rings is 1. The Morgan fingerprint density at radius 3 is 1.96 bits per heavy atom. The quantitative estimate of drug-likeness (QED) is 0.403. The van der Waals surface area contributed by atoms with Crippen LogP contribution in [0.4, 0.5) is 0 Å². The van der Waals surface area contributed by atoms with Crippen molar-refractivity contribution in [2.24, 2.45) is 0 Å². The highest BCUT2D eigenvalue weighted by Gasteiger charge is 2.37. The second-order valence-corrected chi connectivity index (χ2v) is 6.76. The molecule has 0 spiro atoms. The molecule has 3 aromatic rings. The summed E-state index contributed by atoms with van der Waals surface area (Å²) >= 11 is 0. The molecule has 2 aromatic carbocycles. The normalized spacial score (nSPS) is 15.8. The molecule has 1 aromatic heterocycles. The van der Waals surface area contributed by atoms with E-state index in [1.165, 1.54) is 16.5 Å². The summed E-state index contributed by atoms with van der Waals surface area (Å²) in [6, 6.07) is 16.4. The van der Waals surface area contributed by atoms with Crippen LogP contribution >= 0.6 is 0 Å². The molecule has 0 bridgehead atoms. The Morgan fingerprint density at radius 2 is 1.37 bits per heavy atom. The maximum absolute atomic E-state index is 5.72. The molecule has 27 heavy (non-hydrogen) atoms. The zero-order chi connectivity index (χ0) is 20.6. The molecule has 0 saturated heterocycles. The summed E-state index contributed by atoms with van der Waals surface area (Å²) in [7, 11) is 0. The molecule has 2 nitrogen and oxygen atoms in total. The largest absolute Gasteiger partial charge is 0.490 e. The minimum absolute atomic E-state index is 0.163. The molecule has 2 heteroatoms. The molecule has 0 N–H and O–H groups in total. The first-order valence-corrected chi connectivity index (χ1v) is 10.1. The third kappa shape index (κ3) is 4.94. The third-order valence-electron chi connectivity index (χ3n) is 4.98. The van der Waals surface area contributed by atoms with Gasteiger partial charge in [-0.2, -0.15) is 0 Å². The number of ether oxygens (including phenoxy) is 1. The number of aryl methyl sites for hydroxylation is 2. The van der Waals surface area contributed by atoms with Gasteiger partial charge in [-0.05, 0) is 38.5 Å². The second-order valence-electron chi connectivity index (χ2n) is 6.76. The Balaban J connectivity index is 0.000000229. The lowest BCUT2D eigenvalue weighted by atomic mass is 9.82. The Hall–Kier alpha value is -2.22. The van der Waals surface area contributed by atoms with Gasteiger partial charge in [-0.25, -0.2) is 0 Å². The lowest BCUT2D eigenvalue weighted by molar-refractivity contribution is 0.185. The number of para-hydroxylation sites is 2. The van der Waals surface area contributed by atoms with E-state index in [0.29, 0.717) is 0 Å². The van der Waals surface area contributed by atoms with Crippen molar-refractivity contribution in [1.82, 2.24) is 0 Å². The molecule has 0 aliphatic carbocycles. The molecule has 1 atom stereocenters. The molecular weight excluding hydrogens is 332 g/mol. The fraction of sp³-hybridized carbons (Fsp3) is 0.440. The Bertz CT molecular complexity index is 827. The van der Waals surface area contributed by atoms with Crippen LogP contribution in [0, 0.1) is 13.8 Å². The van der Waals surface area contributed by atoms with E-state index in [9.17, 15) is 0 Å². The van der Waals surface area contributed by atoms with Gasteiger partial charge in [-0.1, -0.05) is 77.9 Å². The van der Waals surface area contributed by atoms with E-state index in [2.05, 4.69) is 45.9 Å². The third-order valence-corrected chi connectivity index (χ3v) is 4.98. The smallest absolute Gasteiger partial charge is 0.134 e. The number of rotatable bonds is 0. The molecule has 148 valence electrons. The van der Waals surface area contributed by atoms with Crippen LogP contribution in [0.3, 0.4) is 0 Å². The van der Waals surface area contributed by atoms with Crippen molar-refractivity contribution in [3.8, 4) is 5.75 Å². The number of benzene rings is 2. The predicted molar refractivity (Wildman–Crippen MR) is 118 cm³/mol. The SMILES string of the molecule is CC.CC.CC1Oc2ccccc2C1(C)C.Cc1oc2ccccc2c1C. The number of hydrogen-bond acceptors (Lipinski definition) is 2. The highest BCUT2D eigenvalue weighted by molar-refractivity contribution is 5.81. The van der Waals surface area contributed by atoms with E-state index in [1.54, 1.807) is 0 Å². The van der Waals surface area contributed by atoms with Gasteiger partial charge in [-0.15, -0.1) is 0 Å². The summed E-state index contributed by atoms with van der Waals surface area (Å²) in [5.41, 5.74) is 3.73. The van der Waals surface area contributed by atoms with Crippen molar-refractivity contribution >= 4 is 11.0 Å². The van der Waals surface area contributed by atoms with Crippen LogP contribution < -0.4 is 4.74 Å². The van der Waals surface area contributed by atoms with Crippen molar-refractivity contribution in [2.45, 2.75) is 73.8 Å². The van der Waals surface area contributed by atoms with Crippen LogP contribution in [0.25, 0.3) is 11.0 Å². The Kier molecular flexibility index (Phi) is 8.62. The van der Waals surface area contributed by atoms with Gasteiger partial charge < -0.3 is 9.15 Å². The van der Waals surface area contributed by atoms with Gasteiger partial charge in [-0.3, -0.25) is 0 Å². The van der Waals surface area contributed by atoms with Crippen molar-refractivity contribution in [3.63, 3.8) is 0 Å². The summed E-state index contributed by atoms with van der Waals surface area (Å²) in [5.74, 6) is 2.07. The van der Waals surface area contributed by atoms with E-state index in [-0.39, 0.29) is 11.5 Å². The zero-order valence-electron chi connectivity index (χ0n) is 18.5. The molecule has 4 rings (SSSR count). The van der Waals surface area contributed by atoms with Crippen LogP contribution in [-0.2, 0) is 5.41 Å². The maximum atomic E-state index is 5.72. The summed E-state index contributed by atoms with van der Waals surface area (Å²) in [6.07, 6.45) is 0.287. The molecular formula is C25H36O2. The molecule has 1 unspecified atom stereocenters. The van der Waals surface area contributed by atoms with E-state index < -0.39 is 0 Å². The summed E-state index contributed by atoms with van der Waals surface area (Å²) < 4.78 is 11.2. The molecule has 1 aliphatic rings. The van der Waals surface area contributed by atoms with E-state index in [0.717, 1.165) is 17.1 Å². The average Bonchev–Trinajstić information content (AvgIpc) is 3.12. The van der Waals surface area contributed by atoms with Crippen LogP contribution in [0.5, 0.6) is 5.75 Å². The topological polar surface area (TPSA) is 22.4 Å². The summed E-state index contributed by atoms with van der Waals surface area (Å²) in [4.78, 5) is 0. The maximum Gasteiger partial charge on any atom is 0.134 e. The summed E-state index contributed by atoms with van der Waals surface area (Å²) in [6.45, 7) is 18.7. The molecule has 0 fully saturated rings. The van der Waals surface area contributed by atoms with Gasteiger partial charge in [0.05, 0.1) is 0 Å². The van der Waals surface area contributed by atoms with E-state index in [1.807, 2.05) is 65.0 Å². The molecule has 1 aliphatic heterocycles. The van der Waals surface area contributed by atoms with Gasteiger partial charge in [0.1, 0.15) is 23.2 Å². The van der Waals surface area contributed by atoms with E-state index >= 15 is 0 Å². The van der Waals surface area contributed by atoms with E-state index in [4.69, 9.17) is 9.15 Å². The predicted octanol–water partition coefficient (Wildman–Crippen LogP) is 7.85. The van der Waals surface area contributed by atoms with Crippen LogP contribution in [0.1, 0.15) is 65.4 Å². The van der Waals surface area contributed by atoms with Gasteiger partial charge >= 0.3 is 0 Å². The standard InChI is InChI=1S/C11H14O.C10H10O.2C2H6/c1-8-11(2,3)9-6-4-5-7-10(9)12-8;1-7-8(2)11-10-6-4-3-5-9(7)10;2*1-2/h4-8H,1-3H3;3-6H,1-2H3;2*1-2H3. The number of hydrogen-bond donors (Lipinski definition) is 0. The molecule has 0 radical (unpaired) electrons. The molecule has 0 amide bonds. The zero-order valence-corrected chi connectivity index (χ0v) is 18.5. The van der Waals surface area contributed by atoms with Crippen LogP contribution in [-0.4, -0.2) is 6.10 Å². The minimum atomic E-state index is 0.163. The molecule has 0 saturated carbocycles. The van der Waals surface area contributed by atoms with Gasteiger partial charge in [0.25, 0.3) is 0 Å². The van der Waals surface area contributed by atoms with Gasteiger partial charge in [0.15, 0.2) is 0 Å². The monoisotopic (exact) mass is 368 g/mol. The average molecular weight is 369 g/mol. The highest BCUT2D eigenvalue weighted by atomic mass is 16.5. The van der Waals surface area contributed by atoms with Crippen molar-refractivity contribution in [1.29, 1.82) is 0 Å². The Morgan fingerprint density at radius 1 is 0.815 bits per heavy atom. The minimum Gasteiger partial charge on any atom is -0.490 e. The van der Waals surface area contributed by atoms with Crippen molar-refractivity contribution < 1.29 is 9.15 Å². The first kappa shape index (κ1) is 22.8. The lowest BCUT2D eigenvalue weighted by Crippen LogP contribution is -2.28. The highest BCUT2D eigenvalue weighted by Crippen LogP contribution is 2.41. The molecule has 2 heterocycles. The first-order valence-electron chi connectivity index (χ1n) is 10.1. The summed E-state index contributed by atoms with van der Waals surface area (Å²) in [5, 5.41) is 1.23.